The third kappa shape index (κ3) is 3.63. The fourth-order valence-corrected chi connectivity index (χ4v) is 3.90. The van der Waals surface area contributed by atoms with Gasteiger partial charge in [-0.1, -0.05) is 12.1 Å². The van der Waals surface area contributed by atoms with Gasteiger partial charge in [0, 0.05) is 55.7 Å². The number of piperazine rings is 1. The van der Waals surface area contributed by atoms with Crippen molar-refractivity contribution in [2.75, 3.05) is 36.0 Å². The zero-order valence-electron chi connectivity index (χ0n) is 16.8. The molecule has 31 heavy (non-hydrogen) atoms. The molecule has 0 bridgehead atoms. The van der Waals surface area contributed by atoms with Crippen molar-refractivity contribution in [3.63, 3.8) is 0 Å². The minimum atomic E-state index is -0.464. The summed E-state index contributed by atoms with van der Waals surface area (Å²) in [7, 11) is 0. The lowest BCUT2D eigenvalue weighted by molar-refractivity contribution is 0.100. The predicted octanol–water partition coefficient (Wildman–Crippen LogP) is 2.51. The fourth-order valence-electron chi connectivity index (χ4n) is 3.90. The molecule has 0 aliphatic carbocycles. The highest BCUT2D eigenvalue weighted by Gasteiger charge is 2.24. The number of hydrogen-bond donors (Lipinski definition) is 1. The van der Waals surface area contributed by atoms with E-state index < -0.39 is 5.91 Å². The maximum atomic E-state index is 11.8. The molecule has 5 rings (SSSR count). The lowest BCUT2D eigenvalue weighted by atomic mass is 10.1. The monoisotopic (exact) mass is 411 g/mol. The van der Waals surface area contributed by atoms with Gasteiger partial charge >= 0.3 is 0 Å². The van der Waals surface area contributed by atoms with Gasteiger partial charge in [0.25, 0.3) is 5.91 Å². The lowest BCUT2D eigenvalue weighted by Crippen LogP contribution is -2.47. The number of benzene rings is 1. The van der Waals surface area contributed by atoms with Gasteiger partial charge in [-0.2, -0.15) is 0 Å². The molecule has 0 saturated carbocycles. The summed E-state index contributed by atoms with van der Waals surface area (Å²) < 4.78 is 0. The van der Waals surface area contributed by atoms with Crippen LogP contribution in [0.2, 0.25) is 0 Å². The number of rotatable bonds is 4. The Morgan fingerprint density at radius 2 is 1.58 bits per heavy atom. The quantitative estimate of drug-likeness (QED) is 0.551. The number of anilines is 2. The van der Waals surface area contributed by atoms with Crippen LogP contribution in [-0.2, 0) is 0 Å². The van der Waals surface area contributed by atoms with Crippen molar-refractivity contribution >= 4 is 28.4 Å². The van der Waals surface area contributed by atoms with Crippen molar-refractivity contribution in [3.05, 3.63) is 72.7 Å². The largest absolute Gasteiger partial charge is 0.365 e. The average molecular weight is 411 g/mol. The standard InChI is InChI=1S/C23H21N7O/c24-20(31)18-7-4-10-26-22(18)29-11-13-30(14-12-29)23-17-6-1-2-8-19(17)27-21(28-23)16-5-3-9-25-15-16/h1-10,15H,11-14H2,(H2,24,31). The molecule has 3 aromatic heterocycles. The predicted molar refractivity (Wildman–Crippen MR) is 120 cm³/mol. The SMILES string of the molecule is NC(=O)c1cccnc1N1CCN(c2nc(-c3cccnc3)nc3ccccc23)CC1. The van der Waals surface area contributed by atoms with Crippen molar-refractivity contribution in [2.45, 2.75) is 0 Å². The molecule has 4 aromatic rings. The molecule has 1 saturated heterocycles. The Hall–Kier alpha value is -4.07. The molecule has 2 N–H and O–H groups in total. The third-order valence-electron chi connectivity index (χ3n) is 5.43. The van der Waals surface area contributed by atoms with Gasteiger partial charge in [-0.25, -0.2) is 15.0 Å². The van der Waals surface area contributed by atoms with E-state index in [4.69, 9.17) is 15.7 Å². The lowest BCUT2D eigenvalue weighted by Gasteiger charge is -2.37. The van der Waals surface area contributed by atoms with Crippen LogP contribution in [0.1, 0.15) is 10.4 Å². The van der Waals surface area contributed by atoms with Crippen LogP contribution in [-0.4, -0.2) is 52.0 Å². The van der Waals surface area contributed by atoms with Gasteiger partial charge in [0.1, 0.15) is 11.6 Å². The van der Waals surface area contributed by atoms with Crippen molar-refractivity contribution in [1.82, 2.24) is 19.9 Å². The first kappa shape index (κ1) is 18.9. The van der Waals surface area contributed by atoms with Gasteiger partial charge in [0.15, 0.2) is 5.82 Å². The number of amides is 1. The molecule has 1 amide bonds. The maximum absolute atomic E-state index is 11.8. The number of primary amides is 1. The second kappa shape index (κ2) is 7.98. The number of para-hydroxylation sites is 1. The second-order valence-corrected chi connectivity index (χ2v) is 7.34. The molecule has 0 radical (unpaired) electrons. The van der Waals surface area contributed by atoms with E-state index in [0.29, 0.717) is 30.3 Å². The van der Waals surface area contributed by atoms with Crippen molar-refractivity contribution < 1.29 is 4.79 Å². The smallest absolute Gasteiger partial charge is 0.252 e. The van der Waals surface area contributed by atoms with Crippen LogP contribution in [0.15, 0.2) is 67.1 Å². The fraction of sp³-hybridized carbons (Fsp3) is 0.174. The first-order chi connectivity index (χ1) is 15.2. The van der Waals surface area contributed by atoms with E-state index in [1.54, 1.807) is 30.7 Å². The molecule has 4 heterocycles. The summed E-state index contributed by atoms with van der Waals surface area (Å²) in [5.41, 5.74) is 7.76. The molecule has 8 heteroatoms. The maximum Gasteiger partial charge on any atom is 0.252 e. The Bertz CT molecular complexity index is 1240. The highest BCUT2D eigenvalue weighted by Crippen LogP contribution is 2.29. The van der Waals surface area contributed by atoms with Crippen LogP contribution in [0.4, 0.5) is 11.6 Å². The summed E-state index contributed by atoms with van der Waals surface area (Å²) in [6.45, 7) is 2.89. The third-order valence-corrected chi connectivity index (χ3v) is 5.43. The summed E-state index contributed by atoms with van der Waals surface area (Å²) in [4.78, 5) is 34.4. The summed E-state index contributed by atoms with van der Waals surface area (Å²) >= 11 is 0. The number of carbonyl (C=O) groups excluding carboxylic acids is 1. The van der Waals surface area contributed by atoms with Crippen LogP contribution in [0.5, 0.6) is 0 Å². The van der Waals surface area contributed by atoms with Crippen LogP contribution in [0, 0.1) is 0 Å². The Kier molecular flexibility index (Phi) is 4.87. The Labute approximate surface area is 179 Å². The molecule has 0 spiro atoms. The van der Waals surface area contributed by atoms with Gasteiger partial charge in [0.2, 0.25) is 0 Å². The van der Waals surface area contributed by atoms with Crippen molar-refractivity contribution in [2.24, 2.45) is 5.73 Å². The van der Waals surface area contributed by atoms with Gasteiger partial charge in [-0.05, 0) is 36.4 Å². The summed E-state index contributed by atoms with van der Waals surface area (Å²) in [6.07, 6.45) is 5.20. The van der Waals surface area contributed by atoms with E-state index in [0.717, 1.165) is 35.4 Å². The van der Waals surface area contributed by atoms with Crippen molar-refractivity contribution in [3.8, 4) is 11.4 Å². The molecule has 0 atom stereocenters. The topological polar surface area (TPSA) is 101 Å². The number of fused-ring (bicyclic) bond motifs is 1. The zero-order valence-corrected chi connectivity index (χ0v) is 16.8. The molecule has 154 valence electrons. The van der Waals surface area contributed by atoms with Crippen LogP contribution in [0.25, 0.3) is 22.3 Å². The first-order valence-corrected chi connectivity index (χ1v) is 10.1. The molecule has 1 aliphatic heterocycles. The second-order valence-electron chi connectivity index (χ2n) is 7.34. The molecule has 0 unspecified atom stereocenters. The van der Waals surface area contributed by atoms with E-state index in [1.807, 2.05) is 36.4 Å². The number of hydrogen-bond acceptors (Lipinski definition) is 7. The molecule has 1 aliphatic rings. The molecule has 8 nitrogen and oxygen atoms in total. The van der Waals surface area contributed by atoms with E-state index >= 15 is 0 Å². The van der Waals surface area contributed by atoms with Gasteiger partial charge in [-0.3, -0.25) is 9.78 Å². The minimum Gasteiger partial charge on any atom is -0.365 e. The highest BCUT2D eigenvalue weighted by atomic mass is 16.1. The van der Waals surface area contributed by atoms with Crippen LogP contribution >= 0.6 is 0 Å². The highest BCUT2D eigenvalue weighted by molar-refractivity contribution is 5.97. The van der Waals surface area contributed by atoms with Gasteiger partial charge in [-0.15, -0.1) is 0 Å². The minimum absolute atomic E-state index is 0.447. The van der Waals surface area contributed by atoms with E-state index in [9.17, 15) is 4.79 Å². The number of carbonyl (C=O) groups is 1. The molecular weight excluding hydrogens is 390 g/mol. The van der Waals surface area contributed by atoms with E-state index in [-0.39, 0.29) is 0 Å². The zero-order chi connectivity index (χ0) is 21.2. The summed E-state index contributed by atoms with van der Waals surface area (Å²) in [5.74, 6) is 1.73. The number of nitrogens with two attached hydrogens (primary N) is 1. The Balaban J connectivity index is 1.47. The number of pyridine rings is 2. The van der Waals surface area contributed by atoms with E-state index in [1.165, 1.54) is 0 Å². The molecule has 1 aromatic carbocycles. The normalized spacial score (nSPS) is 14.1. The Morgan fingerprint density at radius 3 is 2.32 bits per heavy atom. The number of aromatic nitrogens is 4. The van der Waals surface area contributed by atoms with E-state index in [2.05, 4.69) is 19.8 Å². The molecular formula is C23H21N7O. The summed E-state index contributed by atoms with van der Waals surface area (Å²) in [6, 6.07) is 15.3. The van der Waals surface area contributed by atoms with Gasteiger partial charge in [0.05, 0.1) is 11.1 Å². The van der Waals surface area contributed by atoms with Crippen LogP contribution < -0.4 is 15.5 Å². The average Bonchev–Trinajstić information content (AvgIpc) is 2.84. The summed E-state index contributed by atoms with van der Waals surface area (Å²) in [5, 5.41) is 1.01. The van der Waals surface area contributed by atoms with Gasteiger partial charge < -0.3 is 15.5 Å². The van der Waals surface area contributed by atoms with Crippen molar-refractivity contribution in [1.29, 1.82) is 0 Å². The van der Waals surface area contributed by atoms with Crippen LogP contribution in [0.3, 0.4) is 0 Å². The number of nitrogens with zero attached hydrogens (tertiary/aromatic N) is 6. The molecule has 1 fully saturated rings. The first-order valence-electron chi connectivity index (χ1n) is 10.1. The Morgan fingerprint density at radius 1 is 0.839 bits per heavy atom.